The molecule has 2 aliphatic rings. The number of morpholine rings is 1. The maximum Gasteiger partial charge on any atom is 0.226 e. The van der Waals surface area contributed by atoms with Crippen LogP contribution < -0.4 is 15.0 Å². The second-order valence-electron chi connectivity index (χ2n) is 9.37. The first kappa shape index (κ1) is 22.2. The lowest BCUT2D eigenvalue weighted by Crippen LogP contribution is -2.43. The van der Waals surface area contributed by atoms with Crippen molar-refractivity contribution in [1.82, 2.24) is 29.5 Å². The highest BCUT2D eigenvalue weighted by Gasteiger charge is 2.34. The van der Waals surface area contributed by atoms with Crippen molar-refractivity contribution >= 4 is 51.1 Å². The summed E-state index contributed by atoms with van der Waals surface area (Å²) in [5, 5.41) is 3.79. The number of nitrogens with one attached hydrogen (secondary N) is 1. The smallest absolute Gasteiger partial charge is 0.226 e. The minimum absolute atomic E-state index is 0.247. The molecular formula is C26H23ClN8O2. The van der Waals surface area contributed by atoms with Crippen molar-refractivity contribution in [3.8, 4) is 11.5 Å². The van der Waals surface area contributed by atoms with E-state index < -0.39 is 0 Å². The Bertz CT molecular complexity index is 1630. The van der Waals surface area contributed by atoms with E-state index in [2.05, 4.69) is 30.2 Å². The average Bonchev–Trinajstić information content (AvgIpc) is 3.45. The third kappa shape index (κ3) is 4.17. The molecule has 0 amide bonds. The highest BCUT2D eigenvalue weighted by molar-refractivity contribution is 6.32. The van der Waals surface area contributed by atoms with Crippen LogP contribution in [0.25, 0.3) is 22.1 Å². The van der Waals surface area contributed by atoms with E-state index in [1.54, 1.807) is 18.6 Å². The lowest BCUT2D eigenvalue weighted by Gasteiger charge is -2.32. The van der Waals surface area contributed by atoms with Gasteiger partial charge < -0.3 is 24.3 Å². The van der Waals surface area contributed by atoms with E-state index in [0.717, 1.165) is 42.7 Å². The maximum atomic E-state index is 6.58. The molecule has 2 aromatic carbocycles. The molecule has 3 aromatic heterocycles. The van der Waals surface area contributed by atoms with Gasteiger partial charge in [0.15, 0.2) is 5.82 Å². The van der Waals surface area contributed by atoms with Crippen LogP contribution in [0.2, 0.25) is 5.02 Å². The molecule has 2 fully saturated rings. The molecule has 7 rings (SSSR count). The topological polar surface area (TPSA) is 103 Å². The fraction of sp³-hybridized carbons (Fsp3) is 0.269. The average molecular weight is 515 g/mol. The van der Waals surface area contributed by atoms with Crippen LogP contribution >= 0.6 is 11.6 Å². The SMILES string of the molecule is Cn1cnc2cc(Oc3ccc(Nc4ncnc5cnc(N6CC7CCC(C6)O7)nc45)cc3Cl)ccc21. The highest BCUT2D eigenvalue weighted by Crippen LogP contribution is 2.34. The van der Waals surface area contributed by atoms with Gasteiger partial charge in [0.05, 0.1) is 40.8 Å². The largest absolute Gasteiger partial charge is 0.456 e. The Morgan fingerprint density at radius 3 is 2.70 bits per heavy atom. The Morgan fingerprint density at radius 1 is 1.00 bits per heavy atom. The summed E-state index contributed by atoms with van der Waals surface area (Å²) in [4.78, 5) is 24.7. The van der Waals surface area contributed by atoms with Crippen molar-refractivity contribution in [2.75, 3.05) is 23.3 Å². The Kier molecular flexibility index (Phi) is 5.29. The third-order valence-electron chi connectivity index (χ3n) is 6.81. The zero-order chi connectivity index (χ0) is 24.9. The molecule has 2 unspecified atom stereocenters. The summed E-state index contributed by atoms with van der Waals surface area (Å²) in [6.07, 6.45) is 7.68. The van der Waals surface area contributed by atoms with E-state index in [1.807, 2.05) is 41.9 Å². The van der Waals surface area contributed by atoms with Gasteiger partial charge in [-0.3, -0.25) is 0 Å². The van der Waals surface area contributed by atoms with Gasteiger partial charge in [0.2, 0.25) is 5.95 Å². The molecule has 186 valence electrons. The minimum atomic E-state index is 0.247. The number of rotatable bonds is 5. The number of anilines is 3. The third-order valence-corrected chi connectivity index (χ3v) is 7.11. The summed E-state index contributed by atoms with van der Waals surface area (Å²) in [5.74, 6) is 2.45. The number of halogens is 1. The van der Waals surface area contributed by atoms with Crippen LogP contribution in [0.5, 0.6) is 11.5 Å². The summed E-state index contributed by atoms with van der Waals surface area (Å²) >= 11 is 6.58. The molecule has 10 nitrogen and oxygen atoms in total. The van der Waals surface area contributed by atoms with Gasteiger partial charge in [-0.2, -0.15) is 0 Å². The second-order valence-corrected chi connectivity index (χ2v) is 9.77. The van der Waals surface area contributed by atoms with Gasteiger partial charge in [0.25, 0.3) is 0 Å². The first-order valence-electron chi connectivity index (χ1n) is 12.1. The van der Waals surface area contributed by atoms with Crippen molar-refractivity contribution in [2.45, 2.75) is 25.0 Å². The van der Waals surface area contributed by atoms with Crippen LogP contribution in [-0.2, 0) is 11.8 Å². The maximum absolute atomic E-state index is 6.58. The lowest BCUT2D eigenvalue weighted by atomic mass is 10.2. The van der Waals surface area contributed by atoms with Crippen molar-refractivity contribution in [2.24, 2.45) is 7.05 Å². The Hall–Kier alpha value is -4.02. The summed E-state index contributed by atoms with van der Waals surface area (Å²) < 4.78 is 14.0. The van der Waals surface area contributed by atoms with Crippen LogP contribution in [-0.4, -0.2) is 54.8 Å². The molecule has 2 bridgehead atoms. The summed E-state index contributed by atoms with van der Waals surface area (Å²) in [6.45, 7) is 1.59. The molecule has 0 aliphatic carbocycles. The highest BCUT2D eigenvalue weighted by atomic mass is 35.5. The predicted molar refractivity (Wildman–Crippen MR) is 141 cm³/mol. The van der Waals surface area contributed by atoms with Crippen molar-refractivity contribution in [3.05, 3.63) is 60.3 Å². The summed E-state index contributed by atoms with van der Waals surface area (Å²) in [5.41, 5.74) is 3.95. The predicted octanol–water partition coefficient (Wildman–Crippen LogP) is 4.86. The lowest BCUT2D eigenvalue weighted by molar-refractivity contribution is 0.0299. The molecule has 2 aliphatic heterocycles. The van der Waals surface area contributed by atoms with E-state index in [4.69, 9.17) is 26.1 Å². The number of aromatic nitrogens is 6. The standard InChI is InChI=1S/C26H23ClN8O2/c1-34-14-31-20-9-16(5-6-22(20)34)37-23-7-2-15(8-19(23)27)32-25-24-21(29-13-30-25)10-28-26(33-24)35-11-17-3-4-18(12-35)36-17/h2,5-10,13-14,17-18H,3-4,11-12H2,1H3,(H,29,30,32). The first-order chi connectivity index (χ1) is 18.1. The van der Waals surface area contributed by atoms with E-state index in [0.29, 0.717) is 39.3 Å². The zero-order valence-corrected chi connectivity index (χ0v) is 20.8. The molecule has 1 N–H and O–H groups in total. The van der Waals surface area contributed by atoms with Gasteiger partial charge in [-0.1, -0.05) is 11.6 Å². The van der Waals surface area contributed by atoms with Crippen molar-refractivity contribution < 1.29 is 9.47 Å². The van der Waals surface area contributed by atoms with Crippen LogP contribution in [0.15, 0.2) is 55.2 Å². The fourth-order valence-electron chi connectivity index (χ4n) is 4.97. The van der Waals surface area contributed by atoms with Crippen LogP contribution in [0.3, 0.4) is 0 Å². The van der Waals surface area contributed by atoms with E-state index >= 15 is 0 Å². The molecule has 5 aromatic rings. The molecule has 2 atom stereocenters. The fourth-order valence-corrected chi connectivity index (χ4v) is 5.19. The van der Waals surface area contributed by atoms with Gasteiger partial charge in [-0.25, -0.2) is 24.9 Å². The van der Waals surface area contributed by atoms with Gasteiger partial charge in [0.1, 0.15) is 28.9 Å². The Balaban J connectivity index is 1.14. The summed E-state index contributed by atoms with van der Waals surface area (Å²) in [6, 6.07) is 11.3. The van der Waals surface area contributed by atoms with E-state index in [9.17, 15) is 0 Å². The normalized spacial score (nSPS) is 19.0. The van der Waals surface area contributed by atoms with E-state index in [1.165, 1.54) is 6.33 Å². The molecule has 5 heterocycles. The van der Waals surface area contributed by atoms with Gasteiger partial charge in [-0.05, 0) is 43.2 Å². The molecule has 0 spiro atoms. The molecule has 11 heteroatoms. The quantitative estimate of drug-likeness (QED) is 0.352. The molecule has 0 radical (unpaired) electrons. The van der Waals surface area contributed by atoms with Crippen LogP contribution in [0.1, 0.15) is 12.8 Å². The number of fused-ring (bicyclic) bond motifs is 4. The zero-order valence-electron chi connectivity index (χ0n) is 20.0. The van der Waals surface area contributed by atoms with Crippen molar-refractivity contribution in [1.29, 1.82) is 0 Å². The van der Waals surface area contributed by atoms with E-state index in [-0.39, 0.29) is 12.2 Å². The van der Waals surface area contributed by atoms with Gasteiger partial charge >= 0.3 is 0 Å². The number of nitrogens with zero attached hydrogens (tertiary/aromatic N) is 7. The number of hydrogen-bond donors (Lipinski definition) is 1. The number of aryl methyl sites for hydroxylation is 1. The monoisotopic (exact) mass is 514 g/mol. The molecule has 0 saturated carbocycles. The summed E-state index contributed by atoms with van der Waals surface area (Å²) in [7, 11) is 1.96. The van der Waals surface area contributed by atoms with Gasteiger partial charge in [0, 0.05) is 31.9 Å². The van der Waals surface area contributed by atoms with Gasteiger partial charge in [-0.15, -0.1) is 0 Å². The first-order valence-corrected chi connectivity index (χ1v) is 12.5. The van der Waals surface area contributed by atoms with Crippen LogP contribution in [0.4, 0.5) is 17.5 Å². The number of hydrogen-bond acceptors (Lipinski definition) is 9. The minimum Gasteiger partial charge on any atom is -0.456 e. The number of imidazole rings is 1. The molecule has 2 saturated heterocycles. The number of benzene rings is 2. The Labute approximate surface area is 217 Å². The second kappa shape index (κ2) is 8.82. The number of ether oxygens (including phenoxy) is 2. The molecular weight excluding hydrogens is 492 g/mol. The molecule has 37 heavy (non-hydrogen) atoms. The van der Waals surface area contributed by atoms with Crippen LogP contribution in [0, 0.1) is 0 Å². The van der Waals surface area contributed by atoms with Crippen molar-refractivity contribution in [3.63, 3.8) is 0 Å². The Morgan fingerprint density at radius 2 is 1.86 bits per heavy atom.